The summed E-state index contributed by atoms with van der Waals surface area (Å²) in [4.78, 5) is 42.1. The Morgan fingerprint density at radius 2 is 1.42 bits per heavy atom. The van der Waals surface area contributed by atoms with Gasteiger partial charge in [0.2, 0.25) is 5.91 Å². The molecule has 1 atom stereocenters. The van der Waals surface area contributed by atoms with Gasteiger partial charge in [0.1, 0.15) is 28.9 Å². The molecule has 0 unspecified atom stereocenters. The van der Waals surface area contributed by atoms with Crippen LogP contribution in [0.2, 0.25) is 0 Å². The zero-order chi connectivity index (χ0) is 32.6. The van der Waals surface area contributed by atoms with Gasteiger partial charge in [-0.1, -0.05) is 60.2 Å². The summed E-state index contributed by atoms with van der Waals surface area (Å²) in [6.45, 7) is 8.36. The summed E-state index contributed by atoms with van der Waals surface area (Å²) in [5.41, 5.74) is 1.74. The van der Waals surface area contributed by atoms with Crippen molar-refractivity contribution in [3.05, 3.63) is 95.6 Å². The number of carbonyl (C=O) groups excluding carboxylic acids is 3. The standard InChI is InChI=1S/C33H39N3O8S/c1-24-10-16-28(17-11-24)45(40,41)44-27-14-12-25(13-15-27)22-29(34-31(38)42-23-26-8-6-5-7-9-26)30(37)35-18-20-36(21-19-35)32(39)43-33(2,3)4/h5-17,29H,18-23H2,1-4H3,(H,34,38)/t29-/m1/s1. The molecule has 45 heavy (non-hydrogen) atoms. The van der Waals surface area contributed by atoms with E-state index in [1.54, 1.807) is 54.8 Å². The topological polar surface area (TPSA) is 132 Å². The molecule has 12 heteroatoms. The number of nitrogens with zero attached hydrogens (tertiary/aromatic N) is 2. The molecule has 0 radical (unpaired) electrons. The van der Waals surface area contributed by atoms with Crippen LogP contribution in [0.3, 0.4) is 0 Å². The van der Waals surface area contributed by atoms with E-state index in [4.69, 9.17) is 13.7 Å². The third kappa shape index (κ3) is 9.97. The maximum atomic E-state index is 13.7. The quantitative estimate of drug-likeness (QED) is 0.335. The lowest BCUT2D eigenvalue weighted by Gasteiger charge is -2.37. The molecule has 0 bridgehead atoms. The first-order valence-corrected chi connectivity index (χ1v) is 16.0. The molecule has 0 saturated carbocycles. The van der Waals surface area contributed by atoms with E-state index in [0.29, 0.717) is 5.56 Å². The van der Waals surface area contributed by atoms with Crippen molar-refractivity contribution in [3.8, 4) is 5.75 Å². The third-order valence-electron chi connectivity index (χ3n) is 6.92. The fourth-order valence-corrected chi connectivity index (χ4v) is 5.49. The first-order chi connectivity index (χ1) is 21.3. The normalized spacial score (nSPS) is 14.3. The van der Waals surface area contributed by atoms with Crippen LogP contribution in [0.15, 0.2) is 83.8 Å². The second-order valence-electron chi connectivity index (χ2n) is 11.7. The van der Waals surface area contributed by atoms with E-state index in [0.717, 1.165) is 11.1 Å². The van der Waals surface area contributed by atoms with Crippen LogP contribution in [0.4, 0.5) is 9.59 Å². The molecule has 4 rings (SSSR count). The molecule has 0 spiro atoms. The molecule has 1 aliphatic rings. The van der Waals surface area contributed by atoms with E-state index in [1.807, 2.05) is 37.3 Å². The second kappa shape index (κ2) is 14.5. The summed E-state index contributed by atoms with van der Waals surface area (Å²) in [7, 11) is -4.03. The Bertz CT molecular complexity index is 1560. The average molecular weight is 638 g/mol. The molecular formula is C33H39N3O8S. The molecule has 0 aliphatic carbocycles. The van der Waals surface area contributed by atoms with Crippen molar-refractivity contribution in [2.75, 3.05) is 26.2 Å². The van der Waals surface area contributed by atoms with Crippen LogP contribution in [0, 0.1) is 6.92 Å². The Morgan fingerprint density at radius 3 is 2.02 bits per heavy atom. The van der Waals surface area contributed by atoms with Crippen LogP contribution >= 0.6 is 0 Å². The number of carbonyl (C=O) groups is 3. The number of hydrogen-bond acceptors (Lipinski definition) is 8. The lowest BCUT2D eigenvalue weighted by molar-refractivity contribution is -0.135. The summed E-state index contributed by atoms with van der Waals surface area (Å²) in [6.07, 6.45) is -1.09. The Labute approximate surface area is 264 Å². The molecule has 1 saturated heterocycles. The number of hydrogen-bond donors (Lipinski definition) is 1. The van der Waals surface area contributed by atoms with Gasteiger partial charge < -0.3 is 28.8 Å². The maximum Gasteiger partial charge on any atom is 0.410 e. The summed E-state index contributed by atoms with van der Waals surface area (Å²) >= 11 is 0. The lowest BCUT2D eigenvalue weighted by Crippen LogP contribution is -2.56. The van der Waals surface area contributed by atoms with Crippen LogP contribution in [0.25, 0.3) is 0 Å². The number of ether oxygens (including phenoxy) is 2. The molecule has 0 aromatic heterocycles. The van der Waals surface area contributed by atoms with Gasteiger partial charge in [0.25, 0.3) is 0 Å². The number of rotatable bonds is 9. The zero-order valence-electron chi connectivity index (χ0n) is 25.9. The first kappa shape index (κ1) is 33.3. The van der Waals surface area contributed by atoms with E-state index in [2.05, 4.69) is 5.32 Å². The predicted octanol–water partition coefficient (Wildman–Crippen LogP) is 4.68. The minimum atomic E-state index is -4.03. The van der Waals surface area contributed by atoms with Gasteiger partial charge in [-0.25, -0.2) is 9.59 Å². The minimum Gasteiger partial charge on any atom is -0.445 e. The third-order valence-corrected chi connectivity index (χ3v) is 8.19. The van der Waals surface area contributed by atoms with Crippen LogP contribution in [0.5, 0.6) is 5.75 Å². The molecule has 3 aromatic rings. The van der Waals surface area contributed by atoms with Crippen molar-refractivity contribution in [2.24, 2.45) is 0 Å². The highest BCUT2D eigenvalue weighted by atomic mass is 32.2. The molecule has 1 heterocycles. The Balaban J connectivity index is 1.43. The van der Waals surface area contributed by atoms with Crippen molar-refractivity contribution < 1.29 is 36.5 Å². The maximum absolute atomic E-state index is 13.7. The number of nitrogens with one attached hydrogen (secondary N) is 1. The first-order valence-electron chi connectivity index (χ1n) is 14.6. The van der Waals surface area contributed by atoms with E-state index >= 15 is 0 Å². The average Bonchev–Trinajstić information content (AvgIpc) is 3.00. The van der Waals surface area contributed by atoms with E-state index < -0.39 is 33.9 Å². The molecular weight excluding hydrogens is 598 g/mol. The van der Waals surface area contributed by atoms with E-state index in [-0.39, 0.29) is 55.8 Å². The van der Waals surface area contributed by atoms with Crippen molar-refractivity contribution in [1.29, 1.82) is 0 Å². The van der Waals surface area contributed by atoms with Crippen molar-refractivity contribution in [1.82, 2.24) is 15.1 Å². The van der Waals surface area contributed by atoms with Crippen LogP contribution in [0.1, 0.15) is 37.5 Å². The van der Waals surface area contributed by atoms with Gasteiger partial charge in [-0.3, -0.25) is 4.79 Å². The van der Waals surface area contributed by atoms with Gasteiger partial charge in [-0.05, 0) is 63.1 Å². The number of amides is 3. The summed E-state index contributed by atoms with van der Waals surface area (Å²) < 4.78 is 41.5. The minimum absolute atomic E-state index is 0.0314. The van der Waals surface area contributed by atoms with Gasteiger partial charge in [-0.15, -0.1) is 0 Å². The molecule has 240 valence electrons. The summed E-state index contributed by atoms with van der Waals surface area (Å²) in [5, 5.41) is 2.69. The monoisotopic (exact) mass is 637 g/mol. The summed E-state index contributed by atoms with van der Waals surface area (Å²) in [6, 6.07) is 20.8. The highest BCUT2D eigenvalue weighted by molar-refractivity contribution is 7.87. The van der Waals surface area contributed by atoms with Crippen molar-refractivity contribution in [2.45, 2.75) is 57.3 Å². The fourth-order valence-electron chi connectivity index (χ4n) is 4.56. The number of alkyl carbamates (subject to hydrolysis) is 1. The predicted molar refractivity (Wildman–Crippen MR) is 167 cm³/mol. The zero-order valence-corrected chi connectivity index (χ0v) is 26.7. The number of aryl methyl sites for hydroxylation is 1. The number of benzene rings is 3. The van der Waals surface area contributed by atoms with Crippen LogP contribution in [-0.4, -0.2) is 74.1 Å². The molecule has 1 aliphatic heterocycles. The smallest absolute Gasteiger partial charge is 0.410 e. The second-order valence-corrected chi connectivity index (χ2v) is 13.3. The number of piperazine rings is 1. The van der Waals surface area contributed by atoms with Gasteiger partial charge in [0.05, 0.1) is 0 Å². The molecule has 3 aromatic carbocycles. The Morgan fingerprint density at radius 1 is 0.822 bits per heavy atom. The lowest BCUT2D eigenvalue weighted by atomic mass is 10.0. The largest absolute Gasteiger partial charge is 0.445 e. The fraction of sp³-hybridized carbons (Fsp3) is 0.364. The van der Waals surface area contributed by atoms with Gasteiger partial charge in [0.15, 0.2) is 0 Å². The van der Waals surface area contributed by atoms with Crippen LogP contribution in [-0.2, 0) is 37.4 Å². The van der Waals surface area contributed by atoms with Crippen LogP contribution < -0.4 is 9.50 Å². The highest BCUT2D eigenvalue weighted by Crippen LogP contribution is 2.21. The molecule has 1 fully saturated rings. The van der Waals surface area contributed by atoms with Gasteiger partial charge >= 0.3 is 22.3 Å². The molecule has 11 nitrogen and oxygen atoms in total. The Kier molecular flexibility index (Phi) is 10.7. The van der Waals surface area contributed by atoms with E-state index in [9.17, 15) is 22.8 Å². The summed E-state index contributed by atoms with van der Waals surface area (Å²) in [5.74, 6) is -0.228. The SMILES string of the molecule is Cc1ccc(S(=O)(=O)Oc2ccc(C[C@@H](NC(=O)OCc3ccccc3)C(=O)N3CCN(C(=O)OC(C)(C)C)CC3)cc2)cc1. The van der Waals surface area contributed by atoms with Crippen molar-refractivity contribution >= 4 is 28.2 Å². The highest BCUT2D eigenvalue weighted by Gasteiger charge is 2.32. The van der Waals surface area contributed by atoms with Gasteiger partial charge in [-0.2, -0.15) is 8.42 Å². The van der Waals surface area contributed by atoms with Crippen molar-refractivity contribution in [3.63, 3.8) is 0 Å². The van der Waals surface area contributed by atoms with E-state index in [1.165, 1.54) is 24.3 Å². The Hall–Kier alpha value is -4.58. The molecule has 3 amide bonds. The molecule has 1 N–H and O–H groups in total. The van der Waals surface area contributed by atoms with Gasteiger partial charge in [0, 0.05) is 32.6 Å².